The lowest BCUT2D eigenvalue weighted by atomic mass is 9.93. The second-order valence-electron chi connectivity index (χ2n) is 3.00. The fraction of sp³-hybridized carbons (Fsp3) is 0.750. The zero-order valence-corrected chi connectivity index (χ0v) is 7.34. The number of hydrogen-bond acceptors (Lipinski definition) is 3. The van der Waals surface area contributed by atoms with Crippen LogP contribution < -0.4 is 11.1 Å². The van der Waals surface area contributed by atoms with Gasteiger partial charge >= 0.3 is 0 Å². The van der Waals surface area contributed by atoms with Gasteiger partial charge in [-0.05, 0) is 25.9 Å². The van der Waals surface area contributed by atoms with Crippen molar-refractivity contribution in [3.05, 3.63) is 0 Å². The molecule has 12 heavy (non-hydrogen) atoms. The molecule has 1 aliphatic rings. The van der Waals surface area contributed by atoms with E-state index in [9.17, 15) is 4.79 Å². The van der Waals surface area contributed by atoms with Crippen molar-refractivity contribution >= 4 is 11.6 Å². The molecule has 3 N–H and O–H groups in total. The zero-order valence-electron chi connectivity index (χ0n) is 7.34. The molecule has 0 bridgehead atoms. The molecule has 1 saturated heterocycles. The van der Waals surface area contributed by atoms with Crippen LogP contribution >= 0.6 is 0 Å². The number of ketones is 1. The largest absolute Gasteiger partial charge is 0.381 e. The Morgan fingerprint density at radius 2 is 2.08 bits per heavy atom. The third-order valence-electron chi connectivity index (χ3n) is 2.20. The van der Waals surface area contributed by atoms with Gasteiger partial charge in [0.1, 0.15) is 0 Å². The molecule has 0 aliphatic carbocycles. The number of carbonyl (C=O) groups is 1. The Morgan fingerprint density at radius 1 is 1.50 bits per heavy atom. The van der Waals surface area contributed by atoms with Crippen LogP contribution in [0.3, 0.4) is 0 Å². The van der Waals surface area contributed by atoms with E-state index < -0.39 is 0 Å². The van der Waals surface area contributed by atoms with Crippen molar-refractivity contribution < 1.29 is 4.79 Å². The van der Waals surface area contributed by atoms with Crippen LogP contribution in [0.5, 0.6) is 0 Å². The summed E-state index contributed by atoms with van der Waals surface area (Å²) < 4.78 is 0. The van der Waals surface area contributed by atoms with Crippen molar-refractivity contribution in [2.75, 3.05) is 20.1 Å². The Balaban J connectivity index is 2.51. The number of carbonyl (C=O) groups excluding carboxylic acids is 1. The topological polar surface area (TPSA) is 67.5 Å². The third kappa shape index (κ3) is 2.04. The molecule has 1 heterocycles. The van der Waals surface area contributed by atoms with Crippen molar-refractivity contribution in [1.29, 1.82) is 0 Å². The number of nitrogens with zero attached hydrogens (tertiary/aromatic N) is 1. The van der Waals surface area contributed by atoms with Gasteiger partial charge in [0.2, 0.25) is 0 Å². The first-order valence-electron chi connectivity index (χ1n) is 4.23. The minimum absolute atomic E-state index is 0.0130. The first-order chi connectivity index (χ1) is 5.75. The molecule has 0 aromatic heterocycles. The molecular weight excluding hydrogens is 154 g/mol. The average molecular weight is 169 g/mol. The molecule has 0 aromatic carbocycles. The summed E-state index contributed by atoms with van der Waals surface area (Å²) in [5.74, 6) is 0.274. The summed E-state index contributed by atoms with van der Waals surface area (Å²) in [7, 11) is 1.55. The van der Waals surface area contributed by atoms with Crippen LogP contribution in [0.1, 0.15) is 12.8 Å². The van der Waals surface area contributed by atoms with E-state index >= 15 is 0 Å². The summed E-state index contributed by atoms with van der Waals surface area (Å²) in [6.45, 7) is 1.82. The van der Waals surface area contributed by atoms with Gasteiger partial charge in [-0.1, -0.05) is 0 Å². The molecule has 0 aromatic rings. The fourth-order valence-electron chi connectivity index (χ4n) is 1.40. The monoisotopic (exact) mass is 169 g/mol. The standard InChI is InChI=1S/C8H15N3O/c1-10-8(9)7(12)6-2-4-11-5-3-6/h6,11H,2-5H2,1H3,(H2,9,10). The molecule has 0 spiro atoms. The molecule has 1 fully saturated rings. The maximum absolute atomic E-state index is 11.4. The van der Waals surface area contributed by atoms with Crippen molar-refractivity contribution in [1.82, 2.24) is 5.32 Å². The number of aliphatic imine (C=N–C) groups is 1. The van der Waals surface area contributed by atoms with Gasteiger partial charge < -0.3 is 11.1 Å². The van der Waals surface area contributed by atoms with E-state index in [0.29, 0.717) is 0 Å². The van der Waals surface area contributed by atoms with Gasteiger partial charge in [0.05, 0.1) is 0 Å². The summed E-state index contributed by atoms with van der Waals surface area (Å²) in [5.41, 5.74) is 5.43. The predicted molar refractivity (Wildman–Crippen MR) is 48.1 cm³/mol. The molecule has 0 unspecified atom stereocenters. The molecule has 1 rings (SSSR count). The molecule has 4 nitrogen and oxygen atoms in total. The highest BCUT2D eigenvalue weighted by atomic mass is 16.1. The Kier molecular flexibility index (Phi) is 3.22. The van der Waals surface area contributed by atoms with Crippen molar-refractivity contribution in [3.8, 4) is 0 Å². The summed E-state index contributed by atoms with van der Waals surface area (Å²) in [6, 6.07) is 0. The molecule has 4 heteroatoms. The molecule has 68 valence electrons. The highest BCUT2D eigenvalue weighted by molar-refractivity contribution is 6.38. The van der Waals surface area contributed by atoms with Crippen LogP contribution in [-0.2, 0) is 4.79 Å². The molecule has 0 atom stereocenters. The number of Topliss-reactive ketones (excluding diaryl/α,β-unsaturated/α-hetero) is 1. The van der Waals surface area contributed by atoms with E-state index in [-0.39, 0.29) is 17.5 Å². The van der Waals surface area contributed by atoms with E-state index in [1.54, 1.807) is 7.05 Å². The summed E-state index contributed by atoms with van der Waals surface area (Å²) in [5, 5.41) is 3.19. The molecular formula is C8H15N3O. The number of nitrogens with two attached hydrogens (primary N) is 1. The molecule has 1 aliphatic heterocycles. The SMILES string of the molecule is CN=C(N)C(=O)C1CCNCC1. The van der Waals surface area contributed by atoms with Crippen molar-refractivity contribution in [3.63, 3.8) is 0 Å². The van der Waals surface area contributed by atoms with Crippen molar-refractivity contribution in [2.45, 2.75) is 12.8 Å². The summed E-state index contributed by atoms with van der Waals surface area (Å²) >= 11 is 0. The highest BCUT2D eigenvalue weighted by Gasteiger charge is 2.22. The van der Waals surface area contributed by atoms with E-state index in [1.165, 1.54) is 0 Å². The molecule has 0 amide bonds. The van der Waals surface area contributed by atoms with E-state index in [4.69, 9.17) is 5.73 Å². The normalized spacial score (nSPS) is 20.9. The predicted octanol–water partition coefficient (Wildman–Crippen LogP) is -0.458. The Morgan fingerprint density at radius 3 is 2.58 bits per heavy atom. The highest BCUT2D eigenvalue weighted by Crippen LogP contribution is 2.12. The maximum Gasteiger partial charge on any atom is 0.200 e. The van der Waals surface area contributed by atoms with E-state index in [0.717, 1.165) is 25.9 Å². The van der Waals surface area contributed by atoms with Crippen LogP contribution in [0, 0.1) is 5.92 Å². The number of amidine groups is 1. The second-order valence-corrected chi connectivity index (χ2v) is 3.00. The number of rotatable bonds is 2. The number of piperidine rings is 1. The smallest absolute Gasteiger partial charge is 0.200 e. The molecule has 0 radical (unpaired) electrons. The van der Waals surface area contributed by atoms with Gasteiger partial charge in [0.15, 0.2) is 11.6 Å². The lowest BCUT2D eigenvalue weighted by molar-refractivity contribution is -0.117. The van der Waals surface area contributed by atoms with Gasteiger partial charge in [-0.2, -0.15) is 0 Å². The van der Waals surface area contributed by atoms with Crippen LogP contribution in [0.15, 0.2) is 4.99 Å². The average Bonchev–Trinajstić information content (AvgIpc) is 2.17. The lowest BCUT2D eigenvalue weighted by Gasteiger charge is -2.20. The molecule has 0 saturated carbocycles. The minimum atomic E-state index is 0.0130. The maximum atomic E-state index is 11.4. The van der Waals surface area contributed by atoms with Crippen LogP contribution in [0.25, 0.3) is 0 Å². The van der Waals surface area contributed by atoms with E-state index in [2.05, 4.69) is 10.3 Å². The zero-order chi connectivity index (χ0) is 8.97. The van der Waals surface area contributed by atoms with Gasteiger partial charge in [0, 0.05) is 13.0 Å². The van der Waals surface area contributed by atoms with Gasteiger partial charge in [0.25, 0.3) is 0 Å². The quantitative estimate of drug-likeness (QED) is 0.434. The van der Waals surface area contributed by atoms with Gasteiger partial charge in [-0.15, -0.1) is 0 Å². The first kappa shape index (κ1) is 9.19. The van der Waals surface area contributed by atoms with E-state index in [1.807, 2.05) is 0 Å². The summed E-state index contributed by atoms with van der Waals surface area (Å²) in [4.78, 5) is 15.1. The van der Waals surface area contributed by atoms with Gasteiger partial charge in [-0.25, -0.2) is 0 Å². The minimum Gasteiger partial charge on any atom is -0.381 e. The van der Waals surface area contributed by atoms with Crippen LogP contribution in [-0.4, -0.2) is 31.8 Å². The Bertz CT molecular complexity index is 194. The second kappa shape index (κ2) is 4.21. The lowest BCUT2D eigenvalue weighted by Crippen LogP contribution is -2.37. The number of nitrogens with one attached hydrogen (secondary N) is 1. The van der Waals surface area contributed by atoms with Crippen molar-refractivity contribution in [2.24, 2.45) is 16.6 Å². The van der Waals surface area contributed by atoms with Gasteiger partial charge in [-0.3, -0.25) is 9.79 Å². The van der Waals surface area contributed by atoms with Crippen LogP contribution in [0.4, 0.5) is 0 Å². The summed E-state index contributed by atoms with van der Waals surface area (Å²) in [6.07, 6.45) is 1.77. The van der Waals surface area contributed by atoms with Crippen LogP contribution in [0.2, 0.25) is 0 Å². The Hall–Kier alpha value is -0.900. The first-order valence-corrected chi connectivity index (χ1v) is 4.23. The Labute approximate surface area is 72.2 Å². The fourth-order valence-corrected chi connectivity index (χ4v) is 1.40. The third-order valence-corrected chi connectivity index (χ3v) is 2.20. The number of hydrogen-bond donors (Lipinski definition) is 2.